The van der Waals surface area contributed by atoms with Crippen molar-refractivity contribution in [2.75, 3.05) is 11.9 Å². The maximum Gasteiger partial charge on any atom is 0.323 e. The first-order valence-corrected chi connectivity index (χ1v) is 7.20. The summed E-state index contributed by atoms with van der Waals surface area (Å²) < 4.78 is 0.926. The van der Waals surface area contributed by atoms with E-state index in [0.29, 0.717) is 12.1 Å². The molecule has 1 atom stereocenters. The van der Waals surface area contributed by atoms with E-state index in [1.807, 2.05) is 19.1 Å². The summed E-state index contributed by atoms with van der Waals surface area (Å²) in [6.07, 6.45) is 1.19. The topological polar surface area (TPSA) is 78.4 Å². The molecule has 6 heteroatoms. The fourth-order valence-corrected chi connectivity index (χ4v) is 2.05. The Balaban J connectivity index is 2.54. The second kappa shape index (κ2) is 7.40. The number of hydrogen-bond acceptors (Lipinski definition) is 3. The molecule has 0 spiro atoms. The molecule has 1 unspecified atom stereocenters. The van der Waals surface area contributed by atoms with Crippen molar-refractivity contribution in [1.82, 2.24) is 5.32 Å². The number of rotatable bonds is 7. The van der Waals surface area contributed by atoms with Gasteiger partial charge in [-0.05, 0) is 37.6 Å². The van der Waals surface area contributed by atoms with Crippen LogP contribution >= 0.6 is 15.9 Å². The number of carbonyl (C=O) groups excluding carboxylic acids is 1. The summed E-state index contributed by atoms with van der Waals surface area (Å²) in [5, 5.41) is 14.7. The van der Waals surface area contributed by atoms with Gasteiger partial charge < -0.3 is 10.4 Å². The molecule has 0 aliphatic heterocycles. The summed E-state index contributed by atoms with van der Waals surface area (Å²) in [7, 11) is 0. The van der Waals surface area contributed by atoms with Crippen LogP contribution in [0.25, 0.3) is 0 Å². The van der Waals surface area contributed by atoms with E-state index in [-0.39, 0.29) is 12.5 Å². The van der Waals surface area contributed by atoms with Crippen LogP contribution < -0.4 is 10.6 Å². The standard InChI is InChI=1S/C14H19BrN2O3/c1-3-8-14(2,13(19)20)16-9-12(18)17-11-6-4-10(15)5-7-11/h4-7,16H,3,8-9H2,1-2H3,(H,17,18)(H,19,20). The van der Waals surface area contributed by atoms with Gasteiger partial charge >= 0.3 is 5.97 Å². The molecule has 0 saturated heterocycles. The van der Waals surface area contributed by atoms with Crippen molar-refractivity contribution in [2.45, 2.75) is 32.2 Å². The van der Waals surface area contributed by atoms with Gasteiger partial charge in [-0.2, -0.15) is 0 Å². The molecule has 0 fully saturated rings. The largest absolute Gasteiger partial charge is 0.480 e. The SMILES string of the molecule is CCCC(C)(NCC(=O)Nc1ccc(Br)cc1)C(=O)O. The monoisotopic (exact) mass is 342 g/mol. The Labute approximate surface area is 126 Å². The van der Waals surface area contributed by atoms with Crippen molar-refractivity contribution in [3.05, 3.63) is 28.7 Å². The molecule has 20 heavy (non-hydrogen) atoms. The number of hydrogen-bond donors (Lipinski definition) is 3. The highest BCUT2D eigenvalue weighted by molar-refractivity contribution is 9.10. The highest BCUT2D eigenvalue weighted by Gasteiger charge is 2.31. The molecule has 0 aromatic heterocycles. The van der Waals surface area contributed by atoms with E-state index in [1.165, 1.54) is 0 Å². The van der Waals surface area contributed by atoms with E-state index in [9.17, 15) is 14.7 Å². The van der Waals surface area contributed by atoms with Gasteiger partial charge in [-0.1, -0.05) is 29.3 Å². The molecular weight excluding hydrogens is 324 g/mol. The first kappa shape index (κ1) is 16.7. The summed E-state index contributed by atoms with van der Waals surface area (Å²) >= 11 is 3.31. The lowest BCUT2D eigenvalue weighted by molar-refractivity contribution is -0.144. The van der Waals surface area contributed by atoms with Gasteiger partial charge in [-0.25, -0.2) is 0 Å². The first-order chi connectivity index (χ1) is 9.37. The zero-order valence-corrected chi connectivity index (χ0v) is 13.2. The van der Waals surface area contributed by atoms with Crippen LogP contribution in [0.5, 0.6) is 0 Å². The van der Waals surface area contributed by atoms with Crippen LogP contribution in [0.4, 0.5) is 5.69 Å². The van der Waals surface area contributed by atoms with E-state index in [0.717, 1.165) is 10.9 Å². The minimum atomic E-state index is -1.08. The average Bonchev–Trinajstić information content (AvgIpc) is 2.39. The summed E-state index contributed by atoms with van der Waals surface area (Å²) in [6, 6.07) is 7.18. The second-order valence-corrected chi connectivity index (χ2v) is 5.71. The van der Waals surface area contributed by atoms with Gasteiger partial charge in [0.2, 0.25) is 5.91 Å². The predicted molar refractivity (Wildman–Crippen MR) is 81.7 cm³/mol. The van der Waals surface area contributed by atoms with Crippen molar-refractivity contribution in [2.24, 2.45) is 0 Å². The number of carboxylic acids is 1. The Bertz CT molecular complexity index is 476. The fourth-order valence-electron chi connectivity index (χ4n) is 1.78. The number of nitrogens with one attached hydrogen (secondary N) is 2. The zero-order chi connectivity index (χ0) is 15.2. The summed E-state index contributed by atoms with van der Waals surface area (Å²) in [5.41, 5.74) is -0.404. The van der Waals surface area contributed by atoms with Gasteiger partial charge in [0.25, 0.3) is 0 Å². The Morgan fingerprint density at radius 1 is 1.30 bits per heavy atom. The van der Waals surface area contributed by atoms with Crippen LogP contribution in [0.15, 0.2) is 28.7 Å². The van der Waals surface area contributed by atoms with E-state index in [2.05, 4.69) is 26.6 Å². The number of anilines is 1. The van der Waals surface area contributed by atoms with Crippen LogP contribution in [-0.4, -0.2) is 29.1 Å². The molecule has 0 bridgehead atoms. The lowest BCUT2D eigenvalue weighted by Gasteiger charge is -2.25. The summed E-state index contributed by atoms with van der Waals surface area (Å²) in [4.78, 5) is 23.0. The van der Waals surface area contributed by atoms with Crippen LogP contribution in [0, 0.1) is 0 Å². The molecule has 110 valence electrons. The van der Waals surface area contributed by atoms with Crippen molar-refractivity contribution in [3.63, 3.8) is 0 Å². The van der Waals surface area contributed by atoms with Gasteiger partial charge in [-0.15, -0.1) is 0 Å². The Morgan fingerprint density at radius 3 is 2.40 bits per heavy atom. The number of benzene rings is 1. The van der Waals surface area contributed by atoms with Crippen LogP contribution in [0.3, 0.4) is 0 Å². The molecule has 1 aromatic rings. The molecule has 5 nitrogen and oxygen atoms in total. The van der Waals surface area contributed by atoms with Gasteiger partial charge in [-0.3, -0.25) is 14.9 Å². The third-order valence-electron chi connectivity index (χ3n) is 2.99. The highest BCUT2D eigenvalue weighted by Crippen LogP contribution is 2.14. The Morgan fingerprint density at radius 2 is 1.90 bits per heavy atom. The van der Waals surface area contributed by atoms with Crippen molar-refractivity contribution in [1.29, 1.82) is 0 Å². The summed E-state index contributed by atoms with van der Waals surface area (Å²) in [5.74, 6) is -1.22. The van der Waals surface area contributed by atoms with Crippen LogP contribution in [0.2, 0.25) is 0 Å². The molecular formula is C14H19BrN2O3. The van der Waals surface area contributed by atoms with Gasteiger partial charge in [0.15, 0.2) is 0 Å². The molecule has 1 aromatic carbocycles. The molecule has 1 amide bonds. The Kier molecular flexibility index (Phi) is 6.16. The normalized spacial score (nSPS) is 13.6. The molecule has 0 radical (unpaired) electrons. The zero-order valence-electron chi connectivity index (χ0n) is 11.6. The van der Waals surface area contributed by atoms with Crippen LogP contribution in [0.1, 0.15) is 26.7 Å². The van der Waals surface area contributed by atoms with Gasteiger partial charge in [0.1, 0.15) is 5.54 Å². The maximum absolute atomic E-state index is 11.8. The van der Waals surface area contributed by atoms with E-state index in [4.69, 9.17) is 0 Å². The second-order valence-electron chi connectivity index (χ2n) is 4.80. The number of amides is 1. The lowest BCUT2D eigenvalue weighted by atomic mass is 9.96. The molecule has 1 rings (SSSR count). The quantitative estimate of drug-likeness (QED) is 0.711. The molecule has 0 saturated carbocycles. The molecule has 0 aliphatic rings. The number of aliphatic carboxylic acids is 1. The van der Waals surface area contributed by atoms with Gasteiger partial charge in [0.05, 0.1) is 6.54 Å². The van der Waals surface area contributed by atoms with Crippen molar-refractivity contribution >= 4 is 33.5 Å². The number of carbonyl (C=O) groups is 2. The molecule has 3 N–H and O–H groups in total. The third-order valence-corrected chi connectivity index (χ3v) is 3.52. The first-order valence-electron chi connectivity index (χ1n) is 6.41. The van der Waals surface area contributed by atoms with E-state index < -0.39 is 11.5 Å². The van der Waals surface area contributed by atoms with Gasteiger partial charge in [0, 0.05) is 10.2 Å². The highest BCUT2D eigenvalue weighted by atomic mass is 79.9. The van der Waals surface area contributed by atoms with E-state index >= 15 is 0 Å². The predicted octanol–water partition coefficient (Wildman–Crippen LogP) is 2.62. The molecule has 0 heterocycles. The van der Waals surface area contributed by atoms with Crippen molar-refractivity contribution in [3.8, 4) is 0 Å². The average molecular weight is 343 g/mol. The Hall–Kier alpha value is -1.40. The smallest absolute Gasteiger partial charge is 0.323 e. The van der Waals surface area contributed by atoms with Crippen LogP contribution in [-0.2, 0) is 9.59 Å². The maximum atomic E-state index is 11.8. The minimum absolute atomic E-state index is 0.0428. The third kappa shape index (κ3) is 4.94. The lowest BCUT2D eigenvalue weighted by Crippen LogP contribution is -2.51. The van der Waals surface area contributed by atoms with E-state index in [1.54, 1.807) is 19.1 Å². The minimum Gasteiger partial charge on any atom is -0.480 e. The molecule has 0 aliphatic carbocycles. The number of halogens is 1. The summed E-state index contributed by atoms with van der Waals surface area (Å²) in [6.45, 7) is 3.45. The number of carboxylic acid groups (broad SMARTS) is 1. The fraction of sp³-hybridized carbons (Fsp3) is 0.429. The van der Waals surface area contributed by atoms with Crippen molar-refractivity contribution < 1.29 is 14.7 Å².